The van der Waals surface area contributed by atoms with Crippen LogP contribution in [0.15, 0.2) is 48.5 Å². The Morgan fingerprint density at radius 1 is 1.19 bits per heavy atom. The van der Waals surface area contributed by atoms with Gasteiger partial charge in [0.15, 0.2) is 0 Å². The first-order chi connectivity index (χ1) is 15.1. The Hall–Kier alpha value is -2.87. The van der Waals surface area contributed by atoms with Gasteiger partial charge in [0.25, 0.3) is 0 Å². The number of carboxylic acids is 1. The maximum absolute atomic E-state index is 12.8. The van der Waals surface area contributed by atoms with Gasteiger partial charge in [-0.25, -0.2) is 4.98 Å². The number of nitrogens with one attached hydrogen (secondary N) is 1. The molecule has 0 radical (unpaired) electrons. The Kier molecular flexibility index (Phi) is 5.75. The van der Waals surface area contributed by atoms with Crippen LogP contribution in [-0.4, -0.2) is 16.1 Å². The van der Waals surface area contributed by atoms with Crippen molar-refractivity contribution in [2.45, 2.75) is 45.3 Å². The van der Waals surface area contributed by atoms with Crippen LogP contribution < -0.4 is 5.32 Å². The number of rotatable bonds is 7. The molecule has 1 saturated carbocycles. The molecule has 0 saturated heterocycles. The standard InChI is InChI=1S/C24H23F3N2O2S/c1-3-23(22(30)31)12-19(23)15-6-10-18(11-7-15)28-13-20-14(2)29-21(32-20)16-4-8-17(9-5-16)24(25,26)27/h4-11,19,28H,3,12-13H2,1-2H3,(H,30,31). The molecule has 3 aromatic rings. The molecule has 2 N–H and O–H groups in total. The van der Waals surface area contributed by atoms with Crippen molar-refractivity contribution in [2.24, 2.45) is 5.41 Å². The van der Waals surface area contributed by atoms with Crippen LogP contribution in [0.25, 0.3) is 10.6 Å². The minimum Gasteiger partial charge on any atom is -0.481 e. The summed E-state index contributed by atoms with van der Waals surface area (Å²) in [6, 6.07) is 12.9. The normalized spacial score (nSPS) is 20.2. The van der Waals surface area contributed by atoms with E-state index in [9.17, 15) is 23.1 Å². The summed E-state index contributed by atoms with van der Waals surface area (Å²) < 4.78 is 38.3. The third kappa shape index (κ3) is 4.24. The second-order valence-electron chi connectivity index (χ2n) is 8.15. The molecule has 0 amide bonds. The number of carboxylic acid groups (broad SMARTS) is 1. The first-order valence-electron chi connectivity index (χ1n) is 10.3. The fraction of sp³-hybridized carbons (Fsp3) is 0.333. The van der Waals surface area contributed by atoms with E-state index in [0.717, 1.165) is 34.0 Å². The van der Waals surface area contributed by atoms with Gasteiger partial charge in [-0.05, 0) is 49.6 Å². The van der Waals surface area contributed by atoms with Crippen molar-refractivity contribution in [2.75, 3.05) is 5.32 Å². The lowest BCUT2D eigenvalue weighted by atomic mass is 9.96. The van der Waals surface area contributed by atoms with Gasteiger partial charge in [0, 0.05) is 22.0 Å². The van der Waals surface area contributed by atoms with Gasteiger partial charge >= 0.3 is 12.1 Å². The Balaban J connectivity index is 1.41. The van der Waals surface area contributed by atoms with Gasteiger partial charge < -0.3 is 10.4 Å². The van der Waals surface area contributed by atoms with Crippen LogP contribution in [0.5, 0.6) is 0 Å². The summed E-state index contributed by atoms with van der Waals surface area (Å²) in [6.45, 7) is 4.34. The molecule has 8 heteroatoms. The molecule has 1 aliphatic carbocycles. The summed E-state index contributed by atoms with van der Waals surface area (Å²) in [5.74, 6) is -0.661. The van der Waals surface area contributed by atoms with E-state index in [2.05, 4.69) is 10.3 Å². The highest BCUT2D eigenvalue weighted by molar-refractivity contribution is 7.15. The SMILES string of the molecule is CCC1(C(=O)O)CC1c1ccc(NCc2sc(-c3ccc(C(F)(F)F)cc3)nc2C)cc1. The van der Waals surface area contributed by atoms with Gasteiger partial charge in [0.1, 0.15) is 5.01 Å². The fourth-order valence-electron chi connectivity index (χ4n) is 4.05. The Morgan fingerprint density at radius 3 is 2.38 bits per heavy atom. The van der Waals surface area contributed by atoms with Crippen molar-refractivity contribution in [3.8, 4) is 10.6 Å². The smallest absolute Gasteiger partial charge is 0.416 e. The summed E-state index contributed by atoms with van der Waals surface area (Å²) in [4.78, 5) is 17.1. The van der Waals surface area contributed by atoms with Crippen LogP contribution in [0.4, 0.5) is 18.9 Å². The second-order valence-corrected chi connectivity index (χ2v) is 9.23. The van der Waals surface area contributed by atoms with Crippen LogP contribution in [0.3, 0.4) is 0 Å². The highest BCUT2D eigenvalue weighted by Crippen LogP contribution is 2.61. The summed E-state index contributed by atoms with van der Waals surface area (Å²) in [5.41, 5.74) is 2.15. The molecular formula is C24H23F3N2O2S. The summed E-state index contributed by atoms with van der Waals surface area (Å²) in [7, 11) is 0. The number of hydrogen-bond acceptors (Lipinski definition) is 4. The van der Waals surface area contributed by atoms with E-state index in [0.29, 0.717) is 30.0 Å². The molecule has 2 atom stereocenters. The second kappa shape index (κ2) is 8.24. The summed E-state index contributed by atoms with van der Waals surface area (Å²) >= 11 is 1.45. The van der Waals surface area contributed by atoms with E-state index in [1.165, 1.54) is 23.5 Å². The molecule has 0 bridgehead atoms. The number of carbonyl (C=O) groups is 1. The van der Waals surface area contributed by atoms with E-state index in [1.54, 1.807) is 0 Å². The lowest BCUT2D eigenvalue weighted by Crippen LogP contribution is -2.15. The number of aliphatic carboxylic acids is 1. The lowest BCUT2D eigenvalue weighted by molar-refractivity contribution is -0.143. The molecule has 2 aromatic carbocycles. The highest BCUT2D eigenvalue weighted by atomic mass is 32.1. The van der Waals surface area contributed by atoms with Crippen molar-refractivity contribution < 1.29 is 23.1 Å². The first-order valence-corrected chi connectivity index (χ1v) is 11.2. The van der Waals surface area contributed by atoms with Crippen molar-refractivity contribution in [3.63, 3.8) is 0 Å². The first kappa shape index (κ1) is 22.3. The molecule has 0 spiro atoms. The predicted molar refractivity (Wildman–Crippen MR) is 119 cm³/mol. The predicted octanol–water partition coefficient (Wildman–Crippen LogP) is 6.72. The number of alkyl halides is 3. The molecule has 0 aliphatic heterocycles. The molecular weight excluding hydrogens is 437 g/mol. The number of hydrogen-bond donors (Lipinski definition) is 2. The number of anilines is 1. The van der Waals surface area contributed by atoms with E-state index >= 15 is 0 Å². The monoisotopic (exact) mass is 460 g/mol. The molecule has 168 valence electrons. The van der Waals surface area contributed by atoms with Gasteiger partial charge in [-0.3, -0.25) is 4.79 Å². The van der Waals surface area contributed by atoms with E-state index < -0.39 is 23.1 Å². The average Bonchev–Trinajstić information content (AvgIpc) is 3.41. The average molecular weight is 461 g/mol. The van der Waals surface area contributed by atoms with E-state index in [4.69, 9.17) is 0 Å². The minimum atomic E-state index is -4.35. The zero-order valence-electron chi connectivity index (χ0n) is 17.7. The van der Waals surface area contributed by atoms with Crippen molar-refractivity contribution >= 4 is 23.0 Å². The van der Waals surface area contributed by atoms with E-state index in [1.807, 2.05) is 38.1 Å². The number of halogens is 3. The Bertz CT molecular complexity index is 1120. The number of nitrogens with zero attached hydrogens (tertiary/aromatic N) is 1. The van der Waals surface area contributed by atoms with Crippen LogP contribution >= 0.6 is 11.3 Å². The molecule has 1 heterocycles. The molecule has 32 heavy (non-hydrogen) atoms. The largest absolute Gasteiger partial charge is 0.481 e. The molecule has 2 unspecified atom stereocenters. The van der Waals surface area contributed by atoms with Gasteiger partial charge in [-0.15, -0.1) is 11.3 Å². The number of aryl methyl sites for hydroxylation is 1. The Morgan fingerprint density at radius 2 is 1.84 bits per heavy atom. The zero-order valence-corrected chi connectivity index (χ0v) is 18.5. The zero-order chi connectivity index (χ0) is 23.1. The molecule has 1 aliphatic rings. The summed E-state index contributed by atoms with van der Waals surface area (Å²) in [5, 5.41) is 13.5. The third-order valence-corrected chi connectivity index (χ3v) is 7.46. The maximum Gasteiger partial charge on any atom is 0.416 e. The van der Waals surface area contributed by atoms with Crippen molar-refractivity contribution in [1.82, 2.24) is 4.98 Å². The fourth-order valence-corrected chi connectivity index (χ4v) is 5.06. The van der Waals surface area contributed by atoms with Gasteiger partial charge in [-0.1, -0.05) is 31.2 Å². The molecule has 1 fully saturated rings. The van der Waals surface area contributed by atoms with Gasteiger partial charge in [0.2, 0.25) is 0 Å². The highest BCUT2D eigenvalue weighted by Gasteiger charge is 2.59. The number of benzene rings is 2. The van der Waals surface area contributed by atoms with Crippen molar-refractivity contribution in [1.29, 1.82) is 0 Å². The van der Waals surface area contributed by atoms with Gasteiger partial charge in [-0.2, -0.15) is 13.2 Å². The quantitative estimate of drug-likeness (QED) is 0.411. The van der Waals surface area contributed by atoms with Gasteiger partial charge in [0.05, 0.1) is 23.2 Å². The Labute approximate surface area is 188 Å². The van der Waals surface area contributed by atoms with Crippen LogP contribution in [0.1, 0.15) is 47.4 Å². The van der Waals surface area contributed by atoms with E-state index in [-0.39, 0.29) is 5.92 Å². The van der Waals surface area contributed by atoms with Crippen molar-refractivity contribution in [3.05, 3.63) is 70.2 Å². The molecule has 4 nitrogen and oxygen atoms in total. The maximum atomic E-state index is 12.8. The topological polar surface area (TPSA) is 62.2 Å². The number of thiazole rings is 1. The van der Waals surface area contributed by atoms with Crippen LogP contribution in [0, 0.1) is 12.3 Å². The number of aromatic nitrogens is 1. The summed E-state index contributed by atoms with van der Waals surface area (Å²) in [6.07, 6.45) is -3.05. The lowest BCUT2D eigenvalue weighted by Gasteiger charge is -2.10. The third-order valence-electron chi connectivity index (χ3n) is 6.25. The van der Waals surface area contributed by atoms with Crippen LogP contribution in [0.2, 0.25) is 0 Å². The molecule has 1 aromatic heterocycles. The molecule has 4 rings (SSSR count). The minimum absolute atomic E-state index is 0.0640. The van der Waals surface area contributed by atoms with Crippen LogP contribution in [-0.2, 0) is 17.5 Å².